The molecule has 9 heteroatoms. The summed E-state index contributed by atoms with van der Waals surface area (Å²) in [5, 5.41) is 2.27. The molecule has 1 atom stereocenters. The Hall–Kier alpha value is -3.36. The molecule has 0 saturated carbocycles. The molecule has 3 rings (SSSR count). The number of halogens is 3. The average Bonchev–Trinajstić information content (AvgIpc) is 3.13. The molecule has 2 aromatic rings. The number of nitrogens with one attached hydrogen (secondary N) is 1. The van der Waals surface area contributed by atoms with Crippen LogP contribution in [0.2, 0.25) is 0 Å². The summed E-state index contributed by atoms with van der Waals surface area (Å²) >= 11 is 0. The van der Waals surface area contributed by atoms with Gasteiger partial charge >= 0.3 is 12.1 Å². The van der Waals surface area contributed by atoms with E-state index >= 15 is 0 Å². The second-order valence-electron chi connectivity index (χ2n) is 7.12. The van der Waals surface area contributed by atoms with E-state index in [2.05, 4.69) is 5.32 Å². The maximum Gasteiger partial charge on any atom is 0.416 e. The smallest absolute Gasteiger partial charge is 0.416 e. The molecule has 1 saturated heterocycles. The molecule has 0 aromatic heterocycles. The number of hydrogen-bond acceptors (Lipinski definition) is 4. The number of para-hydroxylation sites is 1. The van der Waals surface area contributed by atoms with Crippen LogP contribution in [0.1, 0.15) is 24.5 Å². The largest absolute Gasteiger partial charge is 0.455 e. The fourth-order valence-corrected chi connectivity index (χ4v) is 3.40. The molecular formula is C22H21F3N2O4. The maximum absolute atomic E-state index is 12.8. The zero-order valence-electron chi connectivity index (χ0n) is 16.7. The predicted molar refractivity (Wildman–Crippen MR) is 107 cm³/mol. The Labute approximate surface area is 177 Å². The van der Waals surface area contributed by atoms with Crippen LogP contribution in [-0.2, 0) is 31.7 Å². The van der Waals surface area contributed by atoms with Gasteiger partial charge in [0.1, 0.15) is 0 Å². The third-order valence-corrected chi connectivity index (χ3v) is 4.94. The van der Waals surface area contributed by atoms with Gasteiger partial charge in [0.25, 0.3) is 5.91 Å². The van der Waals surface area contributed by atoms with E-state index < -0.39 is 36.1 Å². The first-order valence-electron chi connectivity index (χ1n) is 9.71. The minimum atomic E-state index is -4.54. The van der Waals surface area contributed by atoms with Gasteiger partial charge in [-0.15, -0.1) is 0 Å². The van der Waals surface area contributed by atoms with Gasteiger partial charge < -0.3 is 15.0 Å². The summed E-state index contributed by atoms with van der Waals surface area (Å²) in [5.41, 5.74) is 0.756. The summed E-state index contributed by atoms with van der Waals surface area (Å²) in [7, 11) is 0. The van der Waals surface area contributed by atoms with Crippen LogP contribution in [0.4, 0.5) is 24.5 Å². The lowest BCUT2D eigenvalue weighted by molar-refractivity contribution is -0.151. The van der Waals surface area contributed by atoms with Gasteiger partial charge in [-0.2, -0.15) is 13.2 Å². The first kappa shape index (κ1) is 22.3. The van der Waals surface area contributed by atoms with E-state index in [-0.39, 0.29) is 24.6 Å². The van der Waals surface area contributed by atoms with Crippen molar-refractivity contribution in [2.24, 2.45) is 5.92 Å². The number of anilines is 2. The number of nitrogens with zero attached hydrogens (tertiary/aromatic N) is 1. The third-order valence-electron chi connectivity index (χ3n) is 4.94. The van der Waals surface area contributed by atoms with E-state index in [0.717, 1.165) is 35.9 Å². The van der Waals surface area contributed by atoms with Crippen molar-refractivity contribution in [3.05, 3.63) is 59.7 Å². The first-order chi connectivity index (χ1) is 14.7. The van der Waals surface area contributed by atoms with Crippen molar-refractivity contribution in [3.63, 3.8) is 0 Å². The molecule has 31 heavy (non-hydrogen) atoms. The molecule has 1 aliphatic rings. The number of aryl methyl sites for hydroxylation is 1. The summed E-state index contributed by atoms with van der Waals surface area (Å²) in [6, 6.07) is 11.5. The lowest BCUT2D eigenvalue weighted by Crippen LogP contribution is -2.28. The molecule has 164 valence electrons. The minimum Gasteiger partial charge on any atom is -0.455 e. The molecule has 0 bridgehead atoms. The fourth-order valence-electron chi connectivity index (χ4n) is 3.40. The van der Waals surface area contributed by atoms with Crippen molar-refractivity contribution in [1.29, 1.82) is 0 Å². The Balaban J connectivity index is 1.55. The Morgan fingerprint density at radius 2 is 1.90 bits per heavy atom. The number of amides is 2. The topological polar surface area (TPSA) is 75.7 Å². The van der Waals surface area contributed by atoms with Gasteiger partial charge in [-0.05, 0) is 36.2 Å². The van der Waals surface area contributed by atoms with E-state index in [4.69, 9.17) is 4.74 Å². The Morgan fingerprint density at radius 1 is 1.16 bits per heavy atom. The molecule has 2 amide bonds. The highest BCUT2D eigenvalue weighted by Crippen LogP contribution is 2.31. The minimum absolute atomic E-state index is 0.0356. The summed E-state index contributed by atoms with van der Waals surface area (Å²) in [6.07, 6.45) is -3.85. The first-order valence-corrected chi connectivity index (χ1v) is 9.71. The van der Waals surface area contributed by atoms with Crippen LogP contribution < -0.4 is 10.2 Å². The molecule has 1 aliphatic heterocycles. The van der Waals surface area contributed by atoms with Crippen LogP contribution >= 0.6 is 0 Å². The van der Waals surface area contributed by atoms with Gasteiger partial charge in [0.15, 0.2) is 6.61 Å². The van der Waals surface area contributed by atoms with Gasteiger partial charge in [0.2, 0.25) is 5.91 Å². The standard InChI is InChI=1S/C22H21F3N2O4/c1-2-14-6-3-4-9-18(14)27-12-15(10-20(27)29)21(30)31-13-19(28)26-17-8-5-7-16(11-17)22(23,24)25/h3-9,11,15H,2,10,12-13H2,1H3,(H,26,28)/t15-/m1/s1. The summed E-state index contributed by atoms with van der Waals surface area (Å²) in [6.45, 7) is 1.45. The molecule has 1 fully saturated rings. The van der Waals surface area contributed by atoms with Gasteiger partial charge in [0, 0.05) is 24.3 Å². The quantitative estimate of drug-likeness (QED) is 0.702. The fraction of sp³-hybridized carbons (Fsp3) is 0.318. The van der Waals surface area contributed by atoms with E-state index in [1.165, 1.54) is 11.0 Å². The van der Waals surface area contributed by atoms with Crippen molar-refractivity contribution < 1.29 is 32.3 Å². The number of esters is 1. The molecule has 0 aliphatic carbocycles. The van der Waals surface area contributed by atoms with Crippen molar-refractivity contribution in [3.8, 4) is 0 Å². The lowest BCUT2D eigenvalue weighted by atomic mass is 10.1. The Morgan fingerprint density at radius 3 is 2.61 bits per heavy atom. The highest BCUT2D eigenvalue weighted by Gasteiger charge is 2.37. The molecular weight excluding hydrogens is 413 g/mol. The van der Waals surface area contributed by atoms with Crippen LogP contribution in [0, 0.1) is 5.92 Å². The zero-order chi connectivity index (χ0) is 22.6. The zero-order valence-corrected chi connectivity index (χ0v) is 16.7. The van der Waals surface area contributed by atoms with Crippen molar-refractivity contribution in [2.75, 3.05) is 23.4 Å². The van der Waals surface area contributed by atoms with E-state index in [9.17, 15) is 27.6 Å². The van der Waals surface area contributed by atoms with Crippen LogP contribution in [0.5, 0.6) is 0 Å². The van der Waals surface area contributed by atoms with Gasteiger partial charge in [-0.1, -0.05) is 31.2 Å². The Kier molecular flexibility index (Phi) is 6.62. The van der Waals surface area contributed by atoms with Crippen LogP contribution in [0.15, 0.2) is 48.5 Å². The van der Waals surface area contributed by atoms with Gasteiger partial charge in [0.05, 0.1) is 11.5 Å². The van der Waals surface area contributed by atoms with Crippen molar-refractivity contribution in [2.45, 2.75) is 25.9 Å². The highest BCUT2D eigenvalue weighted by atomic mass is 19.4. The number of carbonyl (C=O) groups excluding carboxylic acids is 3. The lowest BCUT2D eigenvalue weighted by Gasteiger charge is -2.19. The van der Waals surface area contributed by atoms with Crippen molar-refractivity contribution >= 4 is 29.2 Å². The SMILES string of the molecule is CCc1ccccc1N1C[C@H](C(=O)OCC(=O)Nc2cccc(C(F)(F)F)c2)CC1=O. The highest BCUT2D eigenvalue weighted by molar-refractivity contribution is 6.00. The van der Waals surface area contributed by atoms with E-state index in [1.54, 1.807) is 0 Å². The third kappa shape index (κ3) is 5.42. The van der Waals surface area contributed by atoms with E-state index in [0.29, 0.717) is 0 Å². The van der Waals surface area contributed by atoms with Crippen LogP contribution in [-0.4, -0.2) is 30.9 Å². The monoisotopic (exact) mass is 434 g/mol. The molecule has 2 aromatic carbocycles. The maximum atomic E-state index is 12.8. The summed E-state index contributed by atoms with van der Waals surface area (Å²) in [5.74, 6) is -2.41. The average molecular weight is 434 g/mol. The molecule has 0 radical (unpaired) electrons. The Bertz CT molecular complexity index is 991. The second kappa shape index (κ2) is 9.20. The second-order valence-corrected chi connectivity index (χ2v) is 7.12. The summed E-state index contributed by atoms with van der Waals surface area (Å²) < 4.78 is 43.3. The number of hydrogen-bond donors (Lipinski definition) is 1. The summed E-state index contributed by atoms with van der Waals surface area (Å²) in [4.78, 5) is 38.2. The molecule has 6 nitrogen and oxygen atoms in total. The molecule has 1 heterocycles. The molecule has 1 N–H and O–H groups in total. The number of carbonyl (C=O) groups is 3. The number of alkyl halides is 3. The molecule has 0 spiro atoms. The van der Waals surface area contributed by atoms with Crippen LogP contribution in [0.3, 0.4) is 0 Å². The van der Waals surface area contributed by atoms with Gasteiger partial charge in [-0.25, -0.2) is 0 Å². The number of benzene rings is 2. The normalized spacial score (nSPS) is 16.3. The predicted octanol–water partition coefficient (Wildman–Crippen LogP) is 3.80. The van der Waals surface area contributed by atoms with E-state index in [1.807, 2.05) is 31.2 Å². The van der Waals surface area contributed by atoms with Crippen molar-refractivity contribution in [1.82, 2.24) is 0 Å². The van der Waals surface area contributed by atoms with Gasteiger partial charge in [-0.3, -0.25) is 14.4 Å². The molecule has 0 unspecified atom stereocenters. The number of rotatable bonds is 6. The number of ether oxygens (including phenoxy) is 1. The van der Waals surface area contributed by atoms with Crippen LogP contribution in [0.25, 0.3) is 0 Å².